The fraction of sp³-hybridized carbons (Fsp3) is 0.704. The molecule has 0 aliphatic heterocycles. The van der Waals surface area contributed by atoms with Crippen LogP contribution in [0.15, 0.2) is 25.3 Å². The Morgan fingerprint density at radius 3 is 1.95 bits per heavy atom. The molecule has 4 unspecified atom stereocenters. The van der Waals surface area contributed by atoms with Crippen LogP contribution in [0.3, 0.4) is 0 Å². The molecule has 0 aromatic carbocycles. The van der Waals surface area contributed by atoms with Gasteiger partial charge in [0.15, 0.2) is 0 Å². The number of hydrogen-bond acceptors (Lipinski definition) is 8. The molecule has 2 N–H and O–H groups in total. The van der Waals surface area contributed by atoms with Crippen molar-refractivity contribution in [3.05, 3.63) is 25.3 Å². The summed E-state index contributed by atoms with van der Waals surface area (Å²) in [7, 11) is 0. The van der Waals surface area contributed by atoms with E-state index in [1.54, 1.807) is 0 Å². The largest absolute Gasteiger partial charge is 0.459 e. The second kappa shape index (κ2) is 14.6. The van der Waals surface area contributed by atoms with E-state index in [1.165, 1.54) is 0 Å². The van der Waals surface area contributed by atoms with Crippen LogP contribution in [0.25, 0.3) is 0 Å². The Morgan fingerprint density at radius 2 is 1.43 bits per heavy atom. The third kappa shape index (κ3) is 10.1. The van der Waals surface area contributed by atoms with E-state index >= 15 is 0 Å². The standard InChI is InChI=1S/C27H42N2O8/c1-6-21(15-34-23(30)8-3)36-25(32)28-14-20-11-18-10-19(20)13-27(5,12-18)17-29-26(33)37-22(7-2)16-35-24(31)9-4/h8-9,18-22H,3-4,6-7,10-17H2,1-2,5H3,(H,28,32)(H,29,33)/t18?,19?,20-,21?,22?,27+/m0/s1. The monoisotopic (exact) mass is 522 g/mol. The minimum atomic E-state index is -0.552. The first-order valence-electron chi connectivity index (χ1n) is 13.1. The average Bonchev–Trinajstić information content (AvgIpc) is 3.19. The molecule has 2 saturated carbocycles. The van der Waals surface area contributed by atoms with Gasteiger partial charge in [-0.15, -0.1) is 0 Å². The zero-order valence-corrected chi connectivity index (χ0v) is 22.3. The molecule has 0 spiro atoms. The first kappa shape index (κ1) is 30.2. The number of fused-ring (bicyclic) bond motifs is 2. The Bertz CT molecular complexity index is 831. The van der Waals surface area contributed by atoms with Crippen LogP contribution < -0.4 is 10.6 Å². The van der Waals surface area contributed by atoms with Crippen LogP contribution in [0.4, 0.5) is 9.59 Å². The lowest BCUT2D eigenvalue weighted by Crippen LogP contribution is -2.41. The summed E-state index contributed by atoms with van der Waals surface area (Å²) in [6.07, 6.45) is 5.19. The lowest BCUT2D eigenvalue weighted by molar-refractivity contribution is -0.141. The Kier molecular flexibility index (Phi) is 11.9. The lowest BCUT2D eigenvalue weighted by Gasteiger charge is -2.38. The molecule has 2 aliphatic rings. The predicted molar refractivity (Wildman–Crippen MR) is 136 cm³/mol. The van der Waals surface area contributed by atoms with E-state index < -0.39 is 36.3 Å². The van der Waals surface area contributed by atoms with Gasteiger partial charge in [-0.05, 0) is 61.7 Å². The summed E-state index contributed by atoms with van der Waals surface area (Å²) < 4.78 is 20.8. The minimum absolute atomic E-state index is 0.00430. The van der Waals surface area contributed by atoms with Gasteiger partial charge in [0.25, 0.3) is 0 Å². The van der Waals surface area contributed by atoms with E-state index in [1.807, 2.05) is 13.8 Å². The van der Waals surface area contributed by atoms with Gasteiger partial charge in [0.2, 0.25) is 0 Å². The molecule has 208 valence electrons. The molecule has 0 aromatic heterocycles. The molecule has 0 saturated heterocycles. The normalized spacial score (nSPS) is 25.6. The predicted octanol–water partition coefficient (Wildman–Crippen LogP) is 3.90. The molecule has 2 amide bonds. The van der Waals surface area contributed by atoms with Crippen LogP contribution in [0.2, 0.25) is 0 Å². The van der Waals surface area contributed by atoms with E-state index in [0.29, 0.717) is 43.7 Å². The lowest BCUT2D eigenvalue weighted by atomic mass is 9.69. The van der Waals surface area contributed by atoms with Crippen LogP contribution in [-0.4, -0.2) is 62.6 Å². The van der Waals surface area contributed by atoms with Gasteiger partial charge >= 0.3 is 24.1 Å². The van der Waals surface area contributed by atoms with Gasteiger partial charge in [0, 0.05) is 25.2 Å². The van der Waals surface area contributed by atoms with Crippen LogP contribution in [0.5, 0.6) is 0 Å². The van der Waals surface area contributed by atoms with Gasteiger partial charge in [-0.3, -0.25) is 0 Å². The number of nitrogens with one attached hydrogen (secondary N) is 2. The Hall–Kier alpha value is -3.04. The Morgan fingerprint density at radius 1 is 0.892 bits per heavy atom. The minimum Gasteiger partial charge on any atom is -0.459 e. The molecule has 0 heterocycles. The van der Waals surface area contributed by atoms with Crippen LogP contribution >= 0.6 is 0 Å². The summed E-state index contributed by atoms with van der Waals surface area (Å²) in [5.41, 5.74) is -0.0682. The van der Waals surface area contributed by atoms with Gasteiger partial charge in [0.1, 0.15) is 25.4 Å². The zero-order valence-electron chi connectivity index (χ0n) is 22.3. The molecule has 37 heavy (non-hydrogen) atoms. The highest BCUT2D eigenvalue weighted by Crippen LogP contribution is 2.52. The van der Waals surface area contributed by atoms with Crippen molar-refractivity contribution in [2.75, 3.05) is 26.3 Å². The molecule has 2 aliphatic carbocycles. The number of esters is 2. The molecular weight excluding hydrogens is 480 g/mol. The number of amides is 2. The number of carbonyl (C=O) groups is 4. The molecule has 6 atom stereocenters. The van der Waals surface area contributed by atoms with Gasteiger partial charge in [0.05, 0.1) is 0 Å². The summed E-state index contributed by atoms with van der Waals surface area (Å²) in [4.78, 5) is 47.1. The third-order valence-corrected chi connectivity index (χ3v) is 7.26. The first-order chi connectivity index (χ1) is 17.6. The van der Waals surface area contributed by atoms with Crippen molar-refractivity contribution in [3.8, 4) is 0 Å². The zero-order chi connectivity index (χ0) is 27.4. The van der Waals surface area contributed by atoms with Crippen molar-refractivity contribution in [2.24, 2.45) is 23.2 Å². The first-order valence-corrected chi connectivity index (χ1v) is 13.1. The second-order valence-corrected chi connectivity index (χ2v) is 10.4. The molecule has 2 fully saturated rings. The molecular formula is C27H42N2O8. The number of rotatable bonds is 14. The Balaban J connectivity index is 1.76. The van der Waals surface area contributed by atoms with Crippen molar-refractivity contribution >= 4 is 24.1 Å². The van der Waals surface area contributed by atoms with Crippen LogP contribution in [0.1, 0.15) is 59.3 Å². The molecule has 0 aromatic rings. The van der Waals surface area contributed by atoms with E-state index in [-0.39, 0.29) is 18.6 Å². The highest BCUT2D eigenvalue weighted by atomic mass is 16.6. The maximum Gasteiger partial charge on any atom is 0.407 e. The smallest absolute Gasteiger partial charge is 0.407 e. The van der Waals surface area contributed by atoms with E-state index in [2.05, 4.69) is 30.7 Å². The summed E-state index contributed by atoms with van der Waals surface area (Å²) in [5.74, 6) is 0.218. The second-order valence-electron chi connectivity index (χ2n) is 10.4. The van der Waals surface area contributed by atoms with Gasteiger partial charge in [-0.25, -0.2) is 19.2 Å². The van der Waals surface area contributed by atoms with Crippen molar-refractivity contribution < 1.29 is 38.1 Å². The summed E-state index contributed by atoms with van der Waals surface area (Å²) in [6, 6.07) is 0. The number of hydrogen-bond donors (Lipinski definition) is 2. The van der Waals surface area contributed by atoms with E-state index in [4.69, 9.17) is 18.9 Å². The molecule has 0 radical (unpaired) electrons. The number of carbonyl (C=O) groups excluding carboxylic acids is 4. The SMILES string of the molecule is C=CC(=O)OCC(CC)OC(=O)NC[C@@H]1CC2CC1C[C@](C)(CNC(=O)OC(CC)COC(=O)C=C)C2. The van der Waals surface area contributed by atoms with E-state index in [0.717, 1.165) is 37.8 Å². The molecule has 2 rings (SSSR count). The molecule has 2 bridgehead atoms. The molecule has 10 nitrogen and oxygen atoms in total. The quantitative estimate of drug-likeness (QED) is 0.200. The molecule has 10 heteroatoms. The number of ether oxygens (including phenoxy) is 4. The Labute approximate surface area is 219 Å². The van der Waals surface area contributed by atoms with Gasteiger partial charge in [-0.1, -0.05) is 33.9 Å². The third-order valence-electron chi connectivity index (χ3n) is 7.26. The highest BCUT2D eigenvalue weighted by molar-refractivity contribution is 5.81. The van der Waals surface area contributed by atoms with E-state index in [9.17, 15) is 19.2 Å². The maximum absolute atomic E-state index is 12.4. The fourth-order valence-corrected chi connectivity index (χ4v) is 5.39. The van der Waals surface area contributed by atoms with Crippen molar-refractivity contribution in [1.82, 2.24) is 10.6 Å². The van der Waals surface area contributed by atoms with Gasteiger partial charge < -0.3 is 29.6 Å². The summed E-state index contributed by atoms with van der Waals surface area (Å²) in [6.45, 7) is 13.6. The summed E-state index contributed by atoms with van der Waals surface area (Å²) in [5, 5.41) is 5.77. The van der Waals surface area contributed by atoms with Crippen molar-refractivity contribution in [2.45, 2.75) is 71.5 Å². The van der Waals surface area contributed by atoms with Gasteiger partial charge in [-0.2, -0.15) is 0 Å². The van der Waals surface area contributed by atoms with Crippen molar-refractivity contribution in [1.29, 1.82) is 0 Å². The topological polar surface area (TPSA) is 129 Å². The number of alkyl carbamates (subject to hydrolysis) is 2. The van der Waals surface area contributed by atoms with Crippen LogP contribution in [0, 0.1) is 23.2 Å². The van der Waals surface area contributed by atoms with Crippen LogP contribution in [-0.2, 0) is 28.5 Å². The maximum atomic E-state index is 12.4. The van der Waals surface area contributed by atoms with Crippen molar-refractivity contribution in [3.63, 3.8) is 0 Å². The average molecular weight is 523 g/mol. The summed E-state index contributed by atoms with van der Waals surface area (Å²) >= 11 is 0. The highest BCUT2D eigenvalue weighted by Gasteiger charge is 2.46. The fourth-order valence-electron chi connectivity index (χ4n) is 5.39.